The van der Waals surface area contributed by atoms with E-state index in [0.29, 0.717) is 24.0 Å². The number of carbonyl (C=O) groups excluding carboxylic acids is 1. The number of rotatable bonds is 6. The third kappa shape index (κ3) is 4.14. The van der Waals surface area contributed by atoms with Crippen LogP contribution in [-0.4, -0.2) is 34.6 Å². The quantitative estimate of drug-likeness (QED) is 0.678. The number of aliphatic carboxylic acids is 1. The van der Waals surface area contributed by atoms with Crippen LogP contribution >= 0.6 is 0 Å². The van der Waals surface area contributed by atoms with E-state index >= 15 is 0 Å². The van der Waals surface area contributed by atoms with E-state index in [4.69, 9.17) is 5.11 Å². The van der Waals surface area contributed by atoms with Gasteiger partial charge in [0.2, 0.25) is 5.91 Å². The van der Waals surface area contributed by atoms with Crippen LogP contribution in [0.5, 0.6) is 0 Å². The van der Waals surface area contributed by atoms with Crippen LogP contribution in [0.4, 0.5) is 5.69 Å². The van der Waals surface area contributed by atoms with Gasteiger partial charge in [-0.1, -0.05) is 0 Å². The summed E-state index contributed by atoms with van der Waals surface area (Å²) in [5.74, 6) is -1.04. The van der Waals surface area contributed by atoms with E-state index in [2.05, 4.69) is 15.6 Å². The maximum Gasteiger partial charge on any atom is 0.309 e. The van der Waals surface area contributed by atoms with E-state index in [-0.39, 0.29) is 12.3 Å². The van der Waals surface area contributed by atoms with Gasteiger partial charge in [-0.25, -0.2) is 0 Å². The summed E-state index contributed by atoms with van der Waals surface area (Å²) >= 11 is 0. The zero-order chi connectivity index (χ0) is 13.0. The van der Waals surface area contributed by atoms with Crippen molar-refractivity contribution in [1.82, 2.24) is 10.3 Å². The van der Waals surface area contributed by atoms with E-state index in [1.807, 2.05) is 0 Å². The van der Waals surface area contributed by atoms with Gasteiger partial charge in [0, 0.05) is 6.04 Å². The topological polar surface area (TPSA) is 91.3 Å². The molecule has 0 atom stereocenters. The first kappa shape index (κ1) is 12.5. The summed E-state index contributed by atoms with van der Waals surface area (Å²) in [5, 5.41) is 14.4. The van der Waals surface area contributed by atoms with Gasteiger partial charge >= 0.3 is 5.97 Å². The molecule has 1 fully saturated rings. The zero-order valence-electron chi connectivity index (χ0n) is 9.85. The largest absolute Gasteiger partial charge is 0.481 e. The third-order valence-corrected chi connectivity index (χ3v) is 2.57. The Bertz CT molecular complexity index is 440. The number of carboxylic acid groups (broad SMARTS) is 1. The van der Waals surface area contributed by atoms with Gasteiger partial charge in [-0.15, -0.1) is 0 Å². The average Bonchev–Trinajstić information content (AvgIpc) is 3.12. The highest BCUT2D eigenvalue weighted by atomic mass is 16.4. The van der Waals surface area contributed by atoms with Crippen LogP contribution in [0.2, 0.25) is 0 Å². The summed E-state index contributed by atoms with van der Waals surface area (Å²) in [6.07, 6.45) is 3.63. The van der Waals surface area contributed by atoms with Crippen molar-refractivity contribution in [3.05, 3.63) is 24.0 Å². The number of hydrogen-bond donors (Lipinski definition) is 3. The van der Waals surface area contributed by atoms with Crippen LogP contribution in [0, 0.1) is 0 Å². The fourth-order valence-electron chi connectivity index (χ4n) is 1.49. The summed E-state index contributed by atoms with van der Waals surface area (Å²) in [7, 11) is 0. The zero-order valence-corrected chi connectivity index (χ0v) is 9.85. The summed E-state index contributed by atoms with van der Waals surface area (Å²) in [5.41, 5.74) is 1.04. The molecule has 0 saturated heterocycles. The molecule has 1 heterocycles. The lowest BCUT2D eigenvalue weighted by Gasteiger charge is -2.06. The van der Waals surface area contributed by atoms with Gasteiger partial charge in [-0.05, 0) is 25.0 Å². The SMILES string of the molecule is O=C(O)Cc1ccc(NC(=O)CNC2CC2)cn1. The van der Waals surface area contributed by atoms with E-state index in [1.54, 1.807) is 12.1 Å². The Hall–Kier alpha value is -1.95. The molecule has 1 amide bonds. The molecule has 2 rings (SSSR count). The van der Waals surface area contributed by atoms with Crippen LogP contribution in [0.3, 0.4) is 0 Å². The summed E-state index contributed by atoms with van der Waals surface area (Å²) in [6, 6.07) is 3.74. The fourth-order valence-corrected chi connectivity index (χ4v) is 1.49. The number of hydrogen-bond acceptors (Lipinski definition) is 4. The Labute approximate surface area is 104 Å². The number of carbonyl (C=O) groups is 2. The fraction of sp³-hybridized carbons (Fsp3) is 0.417. The second-order valence-corrected chi connectivity index (χ2v) is 4.31. The van der Waals surface area contributed by atoms with Crippen molar-refractivity contribution in [2.45, 2.75) is 25.3 Å². The molecule has 0 unspecified atom stereocenters. The minimum Gasteiger partial charge on any atom is -0.481 e. The van der Waals surface area contributed by atoms with Gasteiger partial charge in [0.15, 0.2) is 0 Å². The van der Waals surface area contributed by atoms with E-state index in [9.17, 15) is 9.59 Å². The van der Waals surface area contributed by atoms with Gasteiger partial charge in [-0.3, -0.25) is 14.6 Å². The molecule has 96 valence electrons. The molecule has 3 N–H and O–H groups in total. The van der Waals surface area contributed by atoms with Gasteiger partial charge in [0.25, 0.3) is 0 Å². The minimum atomic E-state index is -0.923. The van der Waals surface area contributed by atoms with Crippen LogP contribution < -0.4 is 10.6 Å². The number of aromatic nitrogens is 1. The molecule has 18 heavy (non-hydrogen) atoms. The Morgan fingerprint density at radius 3 is 2.72 bits per heavy atom. The molecule has 1 aliphatic carbocycles. The summed E-state index contributed by atoms with van der Waals surface area (Å²) in [6.45, 7) is 0.293. The van der Waals surface area contributed by atoms with Crippen molar-refractivity contribution >= 4 is 17.6 Å². The molecule has 0 aliphatic heterocycles. The Balaban J connectivity index is 1.80. The monoisotopic (exact) mass is 249 g/mol. The van der Waals surface area contributed by atoms with Crippen molar-refractivity contribution in [3.8, 4) is 0 Å². The highest BCUT2D eigenvalue weighted by Gasteiger charge is 2.21. The molecule has 1 aliphatic rings. The normalized spacial score (nSPS) is 14.2. The molecule has 1 aromatic heterocycles. The predicted molar refractivity (Wildman–Crippen MR) is 65.2 cm³/mol. The Morgan fingerprint density at radius 1 is 1.39 bits per heavy atom. The van der Waals surface area contributed by atoms with Crippen molar-refractivity contribution in [2.24, 2.45) is 0 Å². The maximum atomic E-state index is 11.5. The van der Waals surface area contributed by atoms with Gasteiger partial charge in [0.1, 0.15) is 0 Å². The van der Waals surface area contributed by atoms with Crippen molar-refractivity contribution in [3.63, 3.8) is 0 Å². The summed E-state index contributed by atoms with van der Waals surface area (Å²) < 4.78 is 0. The first-order valence-corrected chi connectivity index (χ1v) is 5.83. The first-order valence-electron chi connectivity index (χ1n) is 5.83. The van der Waals surface area contributed by atoms with E-state index < -0.39 is 5.97 Å². The molecule has 0 bridgehead atoms. The molecule has 0 aromatic carbocycles. The number of anilines is 1. The molecule has 1 saturated carbocycles. The lowest BCUT2D eigenvalue weighted by Crippen LogP contribution is -2.29. The Morgan fingerprint density at radius 2 is 2.17 bits per heavy atom. The first-order chi connectivity index (χ1) is 8.63. The molecule has 6 nitrogen and oxygen atoms in total. The Kier molecular flexibility index (Phi) is 3.88. The lowest BCUT2D eigenvalue weighted by molar-refractivity contribution is -0.136. The van der Waals surface area contributed by atoms with Crippen LogP contribution in [0.1, 0.15) is 18.5 Å². The number of amides is 1. The van der Waals surface area contributed by atoms with Crippen LogP contribution in [-0.2, 0) is 16.0 Å². The van der Waals surface area contributed by atoms with Crippen molar-refractivity contribution in [2.75, 3.05) is 11.9 Å². The van der Waals surface area contributed by atoms with E-state index in [1.165, 1.54) is 6.20 Å². The second kappa shape index (κ2) is 5.59. The van der Waals surface area contributed by atoms with Crippen molar-refractivity contribution < 1.29 is 14.7 Å². The molecule has 0 radical (unpaired) electrons. The highest BCUT2D eigenvalue weighted by molar-refractivity contribution is 5.92. The minimum absolute atomic E-state index is 0.114. The maximum absolute atomic E-state index is 11.5. The number of carboxylic acids is 1. The van der Waals surface area contributed by atoms with Crippen LogP contribution in [0.25, 0.3) is 0 Å². The number of pyridine rings is 1. The lowest BCUT2D eigenvalue weighted by atomic mass is 10.2. The summed E-state index contributed by atoms with van der Waals surface area (Å²) in [4.78, 5) is 25.9. The van der Waals surface area contributed by atoms with E-state index in [0.717, 1.165) is 12.8 Å². The molecular weight excluding hydrogens is 234 g/mol. The number of nitrogens with one attached hydrogen (secondary N) is 2. The molecule has 0 spiro atoms. The van der Waals surface area contributed by atoms with Crippen molar-refractivity contribution in [1.29, 1.82) is 0 Å². The molecular formula is C12H15N3O3. The standard InChI is InChI=1S/C12H15N3O3/c16-11(7-14-8-1-2-8)15-10-4-3-9(13-6-10)5-12(17)18/h3-4,6,8,14H,1-2,5,7H2,(H,15,16)(H,17,18). The highest BCUT2D eigenvalue weighted by Crippen LogP contribution is 2.18. The molecule has 6 heteroatoms. The molecule has 1 aromatic rings. The average molecular weight is 249 g/mol. The number of nitrogens with zero attached hydrogens (tertiary/aromatic N) is 1. The second-order valence-electron chi connectivity index (χ2n) is 4.31. The predicted octanol–water partition coefficient (Wildman–Crippen LogP) is 0.399. The smallest absolute Gasteiger partial charge is 0.309 e. The van der Waals surface area contributed by atoms with Gasteiger partial charge < -0.3 is 15.7 Å². The van der Waals surface area contributed by atoms with Gasteiger partial charge in [-0.2, -0.15) is 0 Å². The third-order valence-electron chi connectivity index (χ3n) is 2.57. The van der Waals surface area contributed by atoms with Crippen LogP contribution in [0.15, 0.2) is 18.3 Å². The van der Waals surface area contributed by atoms with Gasteiger partial charge in [0.05, 0.1) is 30.5 Å².